The van der Waals surface area contributed by atoms with Crippen LogP contribution in [0.3, 0.4) is 0 Å². The standard InChI is InChI=1S/C15H16N2O2/c1-19-15(18)17-16-14(12-8-4-2-5-9-12)13-10-6-3-7-11-13/h2-11,14,16H,1H3,(H,17,18). The van der Waals surface area contributed by atoms with Crippen LogP contribution in [0, 0.1) is 0 Å². The lowest BCUT2D eigenvalue weighted by Gasteiger charge is -2.19. The molecule has 0 bridgehead atoms. The normalized spacial score (nSPS) is 10.2. The lowest BCUT2D eigenvalue weighted by molar-refractivity contribution is 0.164. The van der Waals surface area contributed by atoms with Crippen LogP contribution >= 0.6 is 0 Å². The van der Waals surface area contributed by atoms with Gasteiger partial charge in [0.25, 0.3) is 0 Å². The maximum absolute atomic E-state index is 11.2. The van der Waals surface area contributed by atoms with E-state index in [1.54, 1.807) is 0 Å². The third kappa shape index (κ3) is 3.56. The van der Waals surface area contributed by atoms with Gasteiger partial charge in [-0.05, 0) is 11.1 Å². The van der Waals surface area contributed by atoms with Gasteiger partial charge in [0, 0.05) is 0 Å². The van der Waals surface area contributed by atoms with Gasteiger partial charge in [0.2, 0.25) is 0 Å². The minimum absolute atomic E-state index is 0.124. The van der Waals surface area contributed by atoms with Crippen molar-refractivity contribution < 1.29 is 9.53 Å². The number of carbonyl (C=O) groups is 1. The van der Waals surface area contributed by atoms with E-state index in [0.717, 1.165) is 11.1 Å². The lowest BCUT2D eigenvalue weighted by Crippen LogP contribution is -2.40. The summed E-state index contributed by atoms with van der Waals surface area (Å²) in [5.41, 5.74) is 7.62. The third-order valence-electron chi connectivity index (χ3n) is 2.77. The monoisotopic (exact) mass is 256 g/mol. The van der Waals surface area contributed by atoms with Gasteiger partial charge in [-0.2, -0.15) is 0 Å². The summed E-state index contributed by atoms with van der Waals surface area (Å²) in [4.78, 5) is 11.2. The van der Waals surface area contributed by atoms with Gasteiger partial charge in [-0.25, -0.2) is 10.2 Å². The van der Waals surface area contributed by atoms with Crippen molar-refractivity contribution in [3.63, 3.8) is 0 Å². The van der Waals surface area contributed by atoms with Gasteiger partial charge in [0.15, 0.2) is 0 Å². The molecule has 2 aromatic carbocycles. The Kier molecular flexibility index (Phi) is 4.53. The van der Waals surface area contributed by atoms with Crippen molar-refractivity contribution in [1.82, 2.24) is 10.9 Å². The van der Waals surface area contributed by atoms with Crippen molar-refractivity contribution in [3.8, 4) is 0 Å². The van der Waals surface area contributed by atoms with Crippen LogP contribution < -0.4 is 10.9 Å². The summed E-state index contributed by atoms with van der Waals surface area (Å²) in [5, 5.41) is 0. The fraction of sp³-hybridized carbons (Fsp3) is 0.133. The fourth-order valence-electron chi connectivity index (χ4n) is 1.83. The van der Waals surface area contributed by atoms with Crippen LogP contribution in [0.2, 0.25) is 0 Å². The van der Waals surface area contributed by atoms with E-state index >= 15 is 0 Å². The van der Waals surface area contributed by atoms with Gasteiger partial charge in [-0.15, -0.1) is 0 Å². The number of hydrazine groups is 1. The van der Waals surface area contributed by atoms with E-state index in [9.17, 15) is 4.79 Å². The van der Waals surface area contributed by atoms with Gasteiger partial charge >= 0.3 is 6.09 Å². The number of hydrogen-bond donors (Lipinski definition) is 2. The van der Waals surface area contributed by atoms with Crippen LogP contribution in [0.15, 0.2) is 60.7 Å². The summed E-state index contributed by atoms with van der Waals surface area (Å²) in [7, 11) is 1.33. The minimum Gasteiger partial charge on any atom is -0.452 e. The smallest absolute Gasteiger partial charge is 0.421 e. The minimum atomic E-state index is -0.517. The Morgan fingerprint density at radius 3 is 1.84 bits per heavy atom. The Labute approximate surface area is 112 Å². The number of nitrogens with one attached hydrogen (secondary N) is 2. The number of hydrogen-bond acceptors (Lipinski definition) is 3. The number of amides is 1. The van der Waals surface area contributed by atoms with Crippen LogP contribution in [0.1, 0.15) is 17.2 Å². The van der Waals surface area contributed by atoms with Crippen LogP contribution in [-0.2, 0) is 4.74 Å². The predicted molar refractivity (Wildman–Crippen MR) is 73.4 cm³/mol. The molecule has 0 aliphatic carbocycles. The van der Waals surface area contributed by atoms with Crippen molar-refractivity contribution in [3.05, 3.63) is 71.8 Å². The summed E-state index contributed by atoms with van der Waals surface area (Å²) >= 11 is 0. The lowest BCUT2D eigenvalue weighted by atomic mass is 9.99. The molecule has 0 aromatic heterocycles. The molecule has 0 aliphatic heterocycles. The zero-order chi connectivity index (χ0) is 13.5. The molecular formula is C15H16N2O2. The van der Waals surface area contributed by atoms with E-state index in [-0.39, 0.29) is 6.04 Å². The van der Waals surface area contributed by atoms with Gasteiger partial charge in [0.05, 0.1) is 13.2 Å². The summed E-state index contributed by atoms with van der Waals surface area (Å²) in [6, 6.07) is 19.7. The number of methoxy groups -OCH3 is 1. The molecule has 2 rings (SSSR count). The molecule has 98 valence electrons. The first kappa shape index (κ1) is 13.1. The highest BCUT2D eigenvalue weighted by molar-refractivity contribution is 5.66. The summed E-state index contributed by atoms with van der Waals surface area (Å²) in [5.74, 6) is 0. The van der Waals surface area contributed by atoms with Crippen molar-refractivity contribution in [2.45, 2.75) is 6.04 Å². The molecule has 4 nitrogen and oxygen atoms in total. The second kappa shape index (κ2) is 6.56. The maximum Gasteiger partial charge on any atom is 0.421 e. The molecule has 1 amide bonds. The molecule has 2 N–H and O–H groups in total. The van der Waals surface area contributed by atoms with E-state index in [0.29, 0.717) is 0 Å². The molecule has 0 aliphatic rings. The Bertz CT molecular complexity index is 475. The van der Waals surface area contributed by atoms with Crippen LogP contribution in [0.5, 0.6) is 0 Å². The first-order valence-electron chi connectivity index (χ1n) is 6.00. The Hall–Kier alpha value is -2.33. The highest BCUT2D eigenvalue weighted by atomic mass is 16.5. The number of carbonyl (C=O) groups excluding carboxylic acids is 1. The molecule has 0 saturated heterocycles. The zero-order valence-electron chi connectivity index (χ0n) is 10.7. The SMILES string of the molecule is COC(=O)NNC(c1ccccc1)c1ccccc1. The third-order valence-corrected chi connectivity index (χ3v) is 2.77. The Morgan fingerprint density at radius 1 is 0.947 bits per heavy atom. The van der Waals surface area contributed by atoms with E-state index < -0.39 is 6.09 Å². The average molecular weight is 256 g/mol. The highest BCUT2D eigenvalue weighted by Gasteiger charge is 2.14. The molecular weight excluding hydrogens is 240 g/mol. The molecule has 0 unspecified atom stereocenters. The first-order chi connectivity index (χ1) is 9.31. The Morgan fingerprint density at radius 2 is 1.42 bits per heavy atom. The van der Waals surface area contributed by atoms with Crippen molar-refractivity contribution in [1.29, 1.82) is 0 Å². The van der Waals surface area contributed by atoms with E-state index in [2.05, 4.69) is 15.6 Å². The first-order valence-corrected chi connectivity index (χ1v) is 6.00. The molecule has 0 saturated carbocycles. The van der Waals surface area contributed by atoms with E-state index in [4.69, 9.17) is 0 Å². The quantitative estimate of drug-likeness (QED) is 0.827. The van der Waals surface area contributed by atoms with E-state index in [1.807, 2.05) is 60.7 Å². The molecule has 19 heavy (non-hydrogen) atoms. The van der Waals surface area contributed by atoms with Crippen molar-refractivity contribution in [2.75, 3.05) is 7.11 Å². The summed E-state index contributed by atoms with van der Waals surface area (Å²) in [6.45, 7) is 0. The molecule has 0 atom stereocenters. The van der Waals surface area contributed by atoms with Crippen molar-refractivity contribution in [2.24, 2.45) is 0 Å². The summed E-state index contributed by atoms with van der Waals surface area (Å²) in [6.07, 6.45) is -0.517. The zero-order valence-corrected chi connectivity index (χ0v) is 10.7. The van der Waals surface area contributed by atoms with Crippen molar-refractivity contribution >= 4 is 6.09 Å². The molecule has 0 heterocycles. The molecule has 0 fully saturated rings. The van der Waals surface area contributed by atoms with Gasteiger partial charge in [0.1, 0.15) is 0 Å². The molecule has 0 radical (unpaired) electrons. The predicted octanol–water partition coefficient (Wildman–Crippen LogP) is 2.64. The summed E-state index contributed by atoms with van der Waals surface area (Å²) < 4.78 is 4.56. The van der Waals surface area contributed by atoms with E-state index in [1.165, 1.54) is 7.11 Å². The Balaban J connectivity index is 2.21. The maximum atomic E-state index is 11.2. The fourth-order valence-corrected chi connectivity index (χ4v) is 1.83. The largest absolute Gasteiger partial charge is 0.452 e. The number of benzene rings is 2. The molecule has 0 spiro atoms. The second-order valence-electron chi connectivity index (χ2n) is 4.02. The van der Waals surface area contributed by atoms with Crippen LogP contribution in [0.25, 0.3) is 0 Å². The van der Waals surface area contributed by atoms with Crippen LogP contribution in [0.4, 0.5) is 4.79 Å². The van der Waals surface area contributed by atoms with Gasteiger partial charge in [-0.1, -0.05) is 60.7 Å². The topological polar surface area (TPSA) is 50.4 Å². The highest BCUT2D eigenvalue weighted by Crippen LogP contribution is 2.20. The average Bonchev–Trinajstić information content (AvgIpc) is 2.49. The molecule has 2 aromatic rings. The van der Waals surface area contributed by atoms with Crippen LogP contribution in [-0.4, -0.2) is 13.2 Å². The van der Waals surface area contributed by atoms with Gasteiger partial charge in [-0.3, -0.25) is 5.43 Å². The van der Waals surface area contributed by atoms with Gasteiger partial charge < -0.3 is 4.74 Å². The number of rotatable bonds is 4. The second-order valence-corrected chi connectivity index (χ2v) is 4.02. The number of ether oxygens (including phenoxy) is 1. The molecule has 4 heteroatoms.